The number of carbonyl (C=O) groups is 1. The SMILES string of the molecule is Cc1cc(C)nc(N2CCC[C@@H](C(=O)N[C@@H](C)c3nc4ccccc4[nH]3)C2)n1. The van der Waals surface area contributed by atoms with Crippen LogP contribution in [-0.4, -0.2) is 38.9 Å². The van der Waals surface area contributed by atoms with Crippen molar-refractivity contribution in [3.05, 3.63) is 47.5 Å². The van der Waals surface area contributed by atoms with Crippen LogP contribution in [0.1, 0.15) is 43.0 Å². The second-order valence-corrected chi connectivity index (χ2v) is 7.61. The second kappa shape index (κ2) is 7.58. The molecule has 1 aliphatic rings. The predicted octanol–water partition coefficient (Wildman–Crippen LogP) is 3.06. The maximum atomic E-state index is 12.9. The Morgan fingerprint density at radius 3 is 2.71 bits per heavy atom. The number of aromatic amines is 1. The van der Waals surface area contributed by atoms with Gasteiger partial charge in [-0.05, 0) is 51.8 Å². The molecule has 0 aliphatic carbocycles. The zero-order valence-electron chi connectivity index (χ0n) is 16.6. The molecule has 1 aromatic carbocycles. The first-order valence-electron chi connectivity index (χ1n) is 9.82. The monoisotopic (exact) mass is 378 g/mol. The third-order valence-electron chi connectivity index (χ3n) is 5.22. The van der Waals surface area contributed by atoms with Gasteiger partial charge in [0.2, 0.25) is 11.9 Å². The smallest absolute Gasteiger partial charge is 0.225 e. The zero-order valence-corrected chi connectivity index (χ0v) is 16.6. The Hall–Kier alpha value is -2.96. The number of imidazole rings is 1. The molecule has 1 saturated heterocycles. The molecular formula is C21H26N6O. The van der Waals surface area contributed by atoms with Crippen molar-refractivity contribution in [1.29, 1.82) is 0 Å². The predicted molar refractivity (Wildman–Crippen MR) is 109 cm³/mol. The molecule has 0 unspecified atom stereocenters. The Labute approximate surface area is 164 Å². The lowest BCUT2D eigenvalue weighted by atomic mass is 9.97. The first-order valence-corrected chi connectivity index (χ1v) is 9.82. The molecular weight excluding hydrogens is 352 g/mol. The summed E-state index contributed by atoms with van der Waals surface area (Å²) < 4.78 is 0. The molecule has 2 N–H and O–H groups in total. The number of benzene rings is 1. The number of hydrogen-bond acceptors (Lipinski definition) is 5. The van der Waals surface area contributed by atoms with Crippen LogP contribution >= 0.6 is 0 Å². The number of fused-ring (bicyclic) bond motifs is 1. The van der Waals surface area contributed by atoms with Crippen molar-refractivity contribution in [2.75, 3.05) is 18.0 Å². The summed E-state index contributed by atoms with van der Waals surface area (Å²) in [6.45, 7) is 7.43. The van der Waals surface area contributed by atoms with E-state index in [1.165, 1.54) is 0 Å². The summed E-state index contributed by atoms with van der Waals surface area (Å²) >= 11 is 0. The Morgan fingerprint density at radius 1 is 1.21 bits per heavy atom. The Bertz CT molecular complexity index is 944. The number of nitrogens with one attached hydrogen (secondary N) is 2. The summed E-state index contributed by atoms with van der Waals surface area (Å²) in [5, 5.41) is 3.12. The fourth-order valence-corrected chi connectivity index (χ4v) is 3.80. The summed E-state index contributed by atoms with van der Waals surface area (Å²) in [5.41, 5.74) is 3.80. The summed E-state index contributed by atoms with van der Waals surface area (Å²) in [4.78, 5) is 32.0. The number of amides is 1. The van der Waals surface area contributed by atoms with Gasteiger partial charge in [-0.25, -0.2) is 15.0 Å². The molecule has 4 rings (SSSR count). The van der Waals surface area contributed by atoms with E-state index in [0.717, 1.165) is 53.6 Å². The highest BCUT2D eigenvalue weighted by atomic mass is 16.2. The minimum Gasteiger partial charge on any atom is -0.346 e. The van der Waals surface area contributed by atoms with Crippen molar-refractivity contribution in [1.82, 2.24) is 25.3 Å². The van der Waals surface area contributed by atoms with Crippen LogP contribution < -0.4 is 10.2 Å². The fraction of sp³-hybridized carbons (Fsp3) is 0.429. The number of para-hydroxylation sites is 2. The molecule has 3 heterocycles. The molecule has 0 radical (unpaired) electrons. The van der Waals surface area contributed by atoms with Gasteiger partial charge in [0, 0.05) is 24.5 Å². The van der Waals surface area contributed by atoms with Crippen molar-refractivity contribution in [3.8, 4) is 0 Å². The molecule has 7 heteroatoms. The standard InChI is InChI=1S/C21H26N6O/c1-13-11-14(2)23-21(22-13)27-10-6-7-16(12-27)20(28)24-15(3)19-25-17-8-4-5-9-18(17)26-19/h4-5,8-9,11,15-16H,6-7,10,12H2,1-3H3,(H,24,28)(H,25,26)/t15-,16+/m0/s1. The van der Waals surface area contributed by atoms with E-state index in [1.54, 1.807) is 0 Å². The molecule has 146 valence electrons. The molecule has 0 bridgehead atoms. The van der Waals surface area contributed by atoms with Crippen LogP contribution in [0.15, 0.2) is 30.3 Å². The topological polar surface area (TPSA) is 86.8 Å². The average molecular weight is 378 g/mol. The Balaban J connectivity index is 1.43. The first kappa shape index (κ1) is 18.4. The number of hydrogen-bond donors (Lipinski definition) is 2. The van der Waals surface area contributed by atoms with Crippen LogP contribution in [-0.2, 0) is 4.79 Å². The first-order chi connectivity index (χ1) is 13.5. The number of nitrogens with zero attached hydrogens (tertiary/aromatic N) is 4. The molecule has 1 amide bonds. The summed E-state index contributed by atoms with van der Waals surface area (Å²) in [5.74, 6) is 1.48. The fourth-order valence-electron chi connectivity index (χ4n) is 3.80. The molecule has 0 spiro atoms. The van der Waals surface area contributed by atoms with Gasteiger partial charge in [0.25, 0.3) is 0 Å². The van der Waals surface area contributed by atoms with Gasteiger partial charge in [-0.1, -0.05) is 12.1 Å². The van der Waals surface area contributed by atoms with Crippen LogP contribution in [0.2, 0.25) is 0 Å². The van der Waals surface area contributed by atoms with Gasteiger partial charge in [0.05, 0.1) is 23.0 Å². The number of aryl methyl sites for hydroxylation is 2. The number of carbonyl (C=O) groups excluding carboxylic acids is 1. The Morgan fingerprint density at radius 2 is 1.96 bits per heavy atom. The maximum Gasteiger partial charge on any atom is 0.225 e. The van der Waals surface area contributed by atoms with Gasteiger partial charge >= 0.3 is 0 Å². The average Bonchev–Trinajstić information content (AvgIpc) is 3.12. The highest BCUT2D eigenvalue weighted by Crippen LogP contribution is 2.22. The number of piperidine rings is 1. The second-order valence-electron chi connectivity index (χ2n) is 7.61. The van der Waals surface area contributed by atoms with Gasteiger partial charge in [-0.2, -0.15) is 0 Å². The number of aromatic nitrogens is 4. The van der Waals surface area contributed by atoms with Crippen LogP contribution in [0, 0.1) is 19.8 Å². The van der Waals surface area contributed by atoms with E-state index in [9.17, 15) is 4.79 Å². The third kappa shape index (κ3) is 3.83. The quantitative estimate of drug-likeness (QED) is 0.729. The van der Waals surface area contributed by atoms with Crippen molar-refractivity contribution in [2.45, 2.75) is 39.7 Å². The van der Waals surface area contributed by atoms with Crippen LogP contribution in [0.4, 0.5) is 5.95 Å². The highest BCUT2D eigenvalue weighted by Gasteiger charge is 2.28. The molecule has 7 nitrogen and oxygen atoms in total. The normalized spacial score (nSPS) is 18.2. The molecule has 1 aliphatic heterocycles. The lowest BCUT2D eigenvalue weighted by Crippen LogP contribution is -2.44. The number of anilines is 1. The largest absolute Gasteiger partial charge is 0.346 e. The van der Waals surface area contributed by atoms with Gasteiger partial charge in [0.15, 0.2) is 0 Å². The zero-order chi connectivity index (χ0) is 19.7. The van der Waals surface area contributed by atoms with Crippen molar-refractivity contribution < 1.29 is 4.79 Å². The molecule has 1 fully saturated rings. The summed E-state index contributed by atoms with van der Waals surface area (Å²) in [7, 11) is 0. The van der Waals surface area contributed by atoms with E-state index >= 15 is 0 Å². The van der Waals surface area contributed by atoms with E-state index in [1.807, 2.05) is 51.1 Å². The molecule has 3 aromatic rings. The molecule has 2 atom stereocenters. The van der Waals surface area contributed by atoms with Crippen molar-refractivity contribution in [3.63, 3.8) is 0 Å². The lowest BCUT2D eigenvalue weighted by molar-refractivity contribution is -0.126. The van der Waals surface area contributed by atoms with Crippen molar-refractivity contribution >= 4 is 22.9 Å². The molecule has 0 saturated carbocycles. The van der Waals surface area contributed by atoms with Gasteiger partial charge in [-0.15, -0.1) is 0 Å². The van der Waals surface area contributed by atoms with Crippen LogP contribution in [0.3, 0.4) is 0 Å². The van der Waals surface area contributed by atoms with E-state index in [0.29, 0.717) is 6.54 Å². The highest BCUT2D eigenvalue weighted by molar-refractivity contribution is 5.80. The molecule has 28 heavy (non-hydrogen) atoms. The van der Waals surface area contributed by atoms with Gasteiger partial charge in [-0.3, -0.25) is 4.79 Å². The van der Waals surface area contributed by atoms with Gasteiger partial charge < -0.3 is 15.2 Å². The van der Waals surface area contributed by atoms with E-state index in [2.05, 4.69) is 30.2 Å². The van der Waals surface area contributed by atoms with Crippen LogP contribution in [0.25, 0.3) is 11.0 Å². The maximum absolute atomic E-state index is 12.9. The Kier molecular flexibility index (Phi) is 4.98. The van der Waals surface area contributed by atoms with E-state index < -0.39 is 0 Å². The lowest BCUT2D eigenvalue weighted by Gasteiger charge is -2.32. The van der Waals surface area contributed by atoms with Gasteiger partial charge in [0.1, 0.15) is 5.82 Å². The number of rotatable bonds is 4. The summed E-state index contributed by atoms with van der Waals surface area (Å²) in [6, 6.07) is 9.68. The summed E-state index contributed by atoms with van der Waals surface area (Å²) in [6.07, 6.45) is 1.83. The minimum atomic E-state index is -0.173. The third-order valence-corrected chi connectivity index (χ3v) is 5.22. The number of H-pyrrole nitrogens is 1. The molecule has 2 aromatic heterocycles. The minimum absolute atomic E-state index is 0.0574. The van der Waals surface area contributed by atoms with Crippen LogP contribution in [0.5, 0.6) is 0 Å². The van der Waals surface area contributed by atoms with E-state index in [-0.39, 0.29) is 17.9 Å². The van der Waals surface area contributed by atoms with E-state index in [4.69, 9.17) is 0 Å². The van der Waals surface area contributed by atoms with Crippen molar-refractivity contribution in [2.24, 2.45) is 5.92 Å².